The fraction of sp³-hybridized carbons (Fsp3) is 0.125. The van der Waals surface area contributed by atoms with Gasteiger partial charge in [0.15, 0.2) is 0 Å². The minimum absolute atomic E-state index is 0.366. The standard InChI is InChI=1S/C16H14ClFN2O2/c1-11(16(21)20-15-8-6-14(18)7-9-15)22-19-10-12-2-4-13(17)5-3-12/h2-11H,1H3,(H,20,21)/b19-10+. The lowest BCUT2D eigenvalue weighted by molar-refractivity contribution is -0.126. The second-order valence-corrected chi connectivity index (χ2v) is 4.97. The van der Waals surface area contributed by atoms with Crippen LogP contribution in [0.2, 0.25) is 5.02 Å². The van der Waals surface area contributed by atoms with Crippen molar-refractivity contribution in [3.05, 3.63) is 64.9 Å². The van der Waals surface area contributed by atoms with Crippen LogP contribution in [0.5, 0.6) is 0 Å². The minimum Gasteiger partial charge on any atom is -0.383 e. The molecule has 0 spiro atoms. The average Bonchev–Trinajstić information content (AvgIpc) is 2.51. The molecule has 22 heavy (non-hydrogen) atoms. The van der Waals surface area contributed by atoms with Gasteiger partial charge >= 0.3 is 0 Å². The van der Waals surface area contributed by atoms with E-state index >= 15 is 0 Å². The Morgan fingerprint density at radius 2 is 1.86 bits per heavy atom. The first-order valence-corrected chi connectivity index (χ1v) is 6.93. The van der Waals surface area contributed by atoms with Gasteiger partial charge < -0.3 is 10.2 Å². The van der Waals surface area contributed by atoms with Crippen molar-refractivity contribution in [2.45, 2.75) is 13.0 Å². The molecule has 0 aromatic heterocycles. The molecule has 0 aliphatic rings. The van der Waals surface area contributed by atoms with Crippen molar-refractivity contribution < 1.29 is 14.0 Å². The van der Waals surface area contributed by atoms with Crippen molar-refractivity contribution in [1.29, 1.82) is 0 Å². The Balaban J connectivity index is 1.85. The summed E-state index contributed by atoms with van der Waals surface area (Å²) in [6.45, 7) is 1.57. The zero-order chi connectivity index (χ0) is 15.9. The van der Waals surface area contributed by atoms with Gasteiger partial charge in [-0.25, -0.2) is 4.39 Å². The monoisotopic (exact) mass is 320 g/mol. The van der Waals surface area contributed by atoms with Crippen LogP contribution < -0.4 is 5.32 Å². The number of halogens is 2. The number of nitrogens with one attached hydrogen (secondary N) is 1. The highest BCUT2D eigenvalue weighted by atomic mass is 35.5. The maximum Gasteiger partial charge on any atom is 0.267 e. The Hall–Kier alpha value is -2.40. The van der Waals surface area contributed by atoms with Crippen molar-refractivity contribution >= 4 is 29.4 Å². The number of nitrogens with zero attached hydrogens (tertiary/aromatic N) is 1. The summed E-state index contributed by atoms with van der Waals surface area (Å²) in [5.41, 5.74) is 1.29. The third-order valence-corrected chi connectivity index (χ3v) is 3.02. The van der Waals surface area contributed by atoms with Crippen LogP contribution in [0.3, 0.4) is 0 Å². The van der Waals surface area contributed by atoms with Gasteiger partial charge in [0, 0.05) is 10.7 Å². The van der Waals surface area contributed by atoms with Crippen LogP contribution in [0.15, 0.2) is 53.7 Å². The summed E-state index contributed by atoms with van der Waals surface area (Å²) in [5, 5.41) is 6.99. The molecule has 0 saturated heterocycles. The van der Waals surface area contributed by atoms with Crippen molar-refractivity contribution in [3.8, 4) is 0 Å². The van der Waals surface area contributed by atoms with Gasteiger partial charge in [0.2, 0.25) is 6.10 Å². The molecule has 2 aromatic rings. The Morgan fingerprint density at radius 1 is 1.23 bits per heavy atom. The summed E-state index contributed by atoms with van der Waals surface area (Å²) >= 11 is 5.77. The molecule has 6 heteroatoms. The Bertz CT molecular complexity index is 657. The van der Waals surface area contributed by atoms with E-state index in [-0.39, 0.29) is 11.7 Å². The summed E-state index contributed by atoms with van der Waals surface area (Å²) < 4.78 is 12.8. The summed E-state index contributed by atoms with van der Waals surface area (Å²) in [4.78, 5) is 16.9. The number of benzene rings is 2. The maximum atomic E-state index is 12.8. The van der Waals surface area contributed by atoms with Gasteiger partial charge in [-0.05, 0) is 48.9 Å². The van der Waals surface area contributed by atoms with Gasteiger partial charge in [-0.1, -0.05) is 28.9 Å². The van der Waals surface area contributed by atoms with Gasteiger partial charge in [0.05, 0.1) is 6.21 Å². The van der Waals surface area contributed by atoms with Crippen molar-refractivity contribution in [1.82, 2.24) is 0 Å². The zero-order valence-electron chi connectivity index (χ0n) is 11.8. The number of carbonyl (C=O) groups is 1. The SMILES string of the molecule is CC(O/N=C/c1ccc(Cl)cc1)C(=O)Nc1ccc(F)cc1. The second kappa shape index (κ2) is 7.56. The van der Waals surface area contributed by atoms with Gasteiger partial charge in [-0.15, -0.1) is 0 Å². The summed E-state index contributed by atoms with van der Waals surface area (Å²) in [6, 6.07) is 12.5. The van der Waals surface area contributed by atoms with Crippen LogP contribution in [0.25, 0.3) is 0 Å². The topological polar surface area (TPSA) is 50.7 Å². The van der Waals surface area contributed by atoms with Crippen LogP contribution in [-0.4, -0.2) is 18.2 Å². The molecule has 1 atom stereocenters. The summed E-state index contributed by atoms with van der Waals surface area (Å²) in [7, 11) is 0. The van der Waals surface area contributed by atoms with E-state index in [2.05, 4.69) is 10.5 Å². The molecule has 0 aliphatic heterocycles. The number of hydrogen-bond donors (Lipinski definition) is 1. The largest absolute Gasteiger partial charge is 0.383 e. The Kier molecular flexibility index (Phi) is 5.49. The third kappa shape index (κ3) is 4.86. The quantitative estimate of drug-likeness (QED) is 0.672. The van der Waals surface area contributed by atoms with Crippen molar-refractivity contribution in [2.75, 3.05) is 5.32 Å². The van der Waals surface area contributed by atoms with Crippen LogP contribution in [0.4, 0.5) is 10.1 Å². The van der Waals surface area contributed by atoms with E-state index in [4.69, 9.17) is 16.4 Å². The first-order valence-electron chi connectivity index (χ1n) is 6.56. The fourth-order valence-corrected chi connectivity index (χ4v) is 1.68. The number of amides is 1. The molecule has 0 bridgehead atoms. The predicted molar refractivity (Wildman–Crippen MR) is 84.6 cm³/mol. The summed E-state index contributed by atoms with van der Waals surface area (Å²) in [6.07, 6.45) is 0.700. The fourth-order valence-electron chi connectivity index (χ4n) is 1.56. The van der Waals surface area contributed by atoms with Crippen molar-refractivity contribution in [3.63, 3.8) is 0 Å². The molecule has 0 fully saturated rings. The number of oxime groups is 1. The smallest absolute Gasteiger partial charge is 0.267 e. The maximum absolute atomic E-state index is 12.8. The molecule has 2 rings (SSSR count). The van der Waals surface area contributed by atoms with Crippen molar-refractivity contribution in [2.24, 2.45) is 5.16 Å². The first kappa shape index (κ1) is 16.0. The lowest BCUT2D eigenvalue weighted by Gasteiger charge is -2.10. The molecule has 1 amide bonds. The van der Waals surface area contributed by atoms with E-state index in [9.17, 15) is 9.18 Å². The molecule has 0 saturated carbocycles. The highest BCUT2D eigenvalue weighted by Crippen LogP contribution is 2.10. The minimum atomic E-state index is -0.784. The van der Waals surface area contributed by atoms with Gasteiger partial charge in [-0.2, -0.15) is 0 Å². The van der Waals surface area contributed by atoms with Gasteiger partial charge in [0.1, 0.15) is 5.82 Å². The molecular formula is C16H14ClFN2O2. The van der Waals surface area contributed by atoms with Crippen LogP contribution in [0.1, 0.15) is 12.5 Å². The molecule has 1 unspecified atom stereocenters. The lowest BCUT2D eigenvalue weighted by Crippen LogP contribution is -2.26. The number of carbonyl (C=O) groups excluding carboxylic acids is 1. The van der Waals surface area contributed by atoms with E-state index in [0.29, 0.717) is 10.7 Å². The van der Waals surface area contributed by atoms with Crippen LogP contribution in [-0.2, 0) is 9.63 Å². The van der Waals surface area contributed by atoms with E-state index in [0.717, 1.165) is 5.56 Å². The third-order valence-electron chi connectivity index (χ3n) is 2.77. The predicted octanol–water partition coefficient (Wildman–Crippen LogP) is 3.86. The molecule has 2 aromatic carbocycles. The second-order valence-electron chi connectivity index (χ2n) is 4.53. The van der Waals surface area contributed by atoms with Crippen LogP contribution in [0, 0.1) is 5.82 Å². The summed E-state index contributed by atoms with van der Waals surface area (Å²) in [5.74, 6) is -0.741. The number of anilines is 1. The molecule has 4 nitrogen and oxygen atoms in total. The molecule has 114 valence electrons. The number of hydrogen-bond acceptors (Lipinski definition) is 3. The van der Waals surface area contributed by atoms with Gasteiger partial charge in [0.25, 0.3) is 5.91 Å². The Labute approximate surface area is 132 Å². The molecule has 0 aliphatic carbocycles. The van der Waals surface area contributed by atoms with E-state index < -0.39 is 6.10 Å². The molecule has 0 radical (unpaired) electrons. The van der Waals surface area contributed by atoms with E-state index in [1.54, 1.807) is 31.2 Å². The van der Waals surface area contributed by atoms with E-state index in [1.807, 2.05) is 0 Å². The molecule has 1 N–H and O–H groups in total. The van der Waals surface area contributed by atoms with E-state index in [1.165, 1.54) is 30.5 Å². The lowest BCUT2D eigenvalue weighted by atomic mass is 10.2. The molecular weight excluding hydrogens is 307 g/mol. The molecule has 0 heterocycles. The normalized spacial score (nSPS) is 12.1. The van der Waals surface area contributed by atoms with Crippen LogP contribution >= 0.6 is 11.6 Å². The zero-order valence-corrected chi connectivity index (χ0v) is 12.5. The Morgan fingerprint density at radius 3 is 2.50 bits per heavy atom. The first-order chi connectivity index (χ1) is 10.5. The number of rotatable bonds is 5. The average molecular weight is 321 g/mol. The van der Waals surface area contributed by atoms with Gasteiger partial charge in [-0.3, -0.25) is 4.79 Å². The highest BCUT2D eigenvalue weighted by Gasteiger charge is 2.14. The highest BCUT2D eigenvalue weighted by molar-refractivity contribution is 6.30.